The molecule has 0 saturated carbocycles. The maximum absolute atomic E-state index is 12.4. The summed E-state index contributed by atoms with van der Waals surface area (Å²) in [4.78, 5) is 18.1. The highest BCUT2D eigenvalue weighted by Gasteiger charge is 2.23. The molecule has 1 heterocycles. The zero-order valence-corrected chi connectivity index (χ0v) is 12.5. The first kappa shape index (κ1) is 15.0. The van der Waals surface area contributed by atoms with Crippen LogP contribution in [0.5, 0.6) is 5.75 Å². The number of hydrogen-bond donors (Lipinski definition) is 2. The van der Waals surface area contributed by atoms with Crippen molar-refractivity contribution in [3.8, 4) is 5.75 Å². The quantitative estimate of drug-likeness (QED) is 0.884. The highest BCUT2D eigenvalue weighted by atomic mass is 16.3. The first-order chi connectivity index (χ1) is 10.0. The van der Waals surface area contributed by atoms with Crippen LogP contribution in [0.1, 0.15) is 48.3 Å². The Morgan fingerprint density at radius 3 is 2.81 bits per heavy atom. The van der Waals surface area contributed by atoms with Gasteiger partial charge in [-0.05, 0) is 19.4 Å². The minimum Gasteiger partial charge on any atom is -0.508 e. The lowest BCUT2D eigenvalue weighted by molar-refractivity contribution is 0.0729. The fourth-order valence-electron chi connectivity index (χ4n) is 2.12. The lowest BCUT2D eigenvalue weighted by Crippen LogP contribution is -2.30. The van der Waals surface area contributed by atoms with Crippen molar-refractivity contribution in [3.05, 3.63) is 41.5 Å². The Balaban J connectivity index is 2.16. The van der Waals surface area contributed by atoms with Crippen LogP contribution in [0.25, 0.3) is 0 Å². The van der Waals surface area contributed by atoms with E-state index in [0.717, 1.165) is 12.8 Å². The van der Waals surface area contributed by atoms with Crippen LogP contribution in [0, 0.1) is 0 Å². The van der Waals surface area contributed by atoms with Gasteiger partial charge in [0.05, 0.1) is 6.04 Å². The number of nitrogens with zero attached hydrogens (tertiary/aromatic N) is 3. The van der Waals surface area contributed by atoms with Crippen molar-refractivity contribution in [2.75, 3.05) is 7.05 Å². The number of aryl methyl sites for hydroxylation is 1. The number of rotatable bonds is 5. The van der Waals surface area contributed by atoms with Crippen molar-refractivity contribution >= 4 is 5.91 Å². The lowest BCUT2D eigenvalue weighted by Gasteiger charge is -2.24. The van der Waals surface area contributed by atoms with Gasteiger partial charge in [0.25, 0.3) is 5.91 Å². The molecule has 0 radical (unpaired) electrons. The van der Waals surface area contributed by atoms with Gasteiger partial charge in [0.15, 0.2) is 0 Å². The smallest absolute Gasteiger partial charge is 0.293 e. The van der Waals surface area contributed by atoms with Crippen molar-refractivity contribution in [1.29, 1.82) is 0 Å². The summed E-state index contributed by atoms with van der Waals surface area (Å²) in [6, 6.07) is 6.71. The third-order valence-electron chi connectivity index (χ3n) is 3.50. The summed E-state index contributed by atoms with van der Waals surface area (Å²) in [5, 5.41) is 16.6. The van der Waals surface area contributed by atoms with E-state index < -0.39 is 0 Å². The molecule has 0 aliphatic rings. The number of nitrogens with one attached hydrogen (secondary N) is 1. The fourth-order valence-corrected chi connectivity index (χ4v) is 2.12. The van der Waals surface area contributed by atoms with E-state index in [-0.39, 0.29) is 23.5 Å². The molecule has 2 N–H and O–H groups in total. The molecule has 1 aromatic heterocycles. The summed E-state index contributed by atoms with van der Waals surface area (Å²) in [5.74, 6) is 0.767. The van der Waals surface area contributed by atoms with Gasteiger partial charge in [-0.1, -0.05) is 25.1 Å². The maximum atomic E-state index is 12.4. The molecule has 0 fully saturated rings. The van der Waals surface area contributed by atoms with Gasteiger partial charge in [0.2, 0.25) is 5.82 Å². The van der Waals surface area contributed by atoms with Crippen LogP contribution in [0.4, 0.5) is 0 Å². The second kappa shape index (κ2) is 6.39. The number of carbonyl (C=O) groups excluding carboxylic acids is 1. The number of phenolic OH excluding ortho intramolecular Hbond substituents is 1. The van der Waals surface area contributed by atoms with E-state index in [4.69, 9.17) is 0 Å². The van der Waals surface area contributed by atoms with Crippen LogP contribution in [0.3, 0.4) is 0 Å². The molecule has 0 spiro atoms. The van der Waals surface area contributed by atoms with Crippen LogP contribution in [0.15, 0.2) is 24.3 Å². The van der Waals surface area contributed by atoms with Crippen LogP contribution in [-0.4, -0.2) is 38.1 Å². The van der Waals surface area contributed by atoms with Crippen molar-refractivity contribution in [1.82, 2.24) is 20.1 Å². The van der Waals surface area contributed by atoms with Crippen LogP contribution >= 0.6 is 0 Å². The number of carbonyl (C=O) groups is 1. The standard InChI is InChI=1S/C15H20N4O2/c1-4-7-13-16-14(18-17-13)15(21)19(3)10(2)11-8-5-6-9-12(11)20/h5-6,8-10,20H,4,7H2,1-3H3,(H,16,17,18). The number of phenols is 1. The average Bonchev–Trinajstić information content (AvgIpc) is 2.94. The van der Waals surface area contributed by atoms with Gasteiger partial charge in [-0.2, -0.15) is 0 Å². The molecule has 1 atom stereocenters. The van der Waals surface area contributed by atoms with Crippen molar-refractivity contribution in [2.24, 2.45) is 0 Å². The summed E-state index contributed by atoms with van der Waals surface area (Å²) in [5.41, 5.74) is 0.692. The molecular weight excluding hydrogens is 268 g/mol. The molecule has 0 bridgehead atoms. The molecule has 0 saturated heterocycles. The second-order valence-electron chi connectivity index (χ2n) is 5.01. The minimum absolute atomic E-state index is 0.156. The molecule has 0 aliphatic heterocycles. The van der Waals surface area contributed by atoms with Gasteiger partial charge in [0, 0.05) is 19.0 Å². The molecular formula is C15H20N4O2. The Kier molecular flexibility index (Phi) is 4.57. The number of para-hydroxylation sites is 1. The molecule has 1 aromatic carbocycles. The second-order valence-corrected chi connectivity index (χ2v) is 5.01. The summed E-state index contributed by atoms with van der Waals surface area (Å²) < 4.78 is 0. The van der Waals surface area contributed by atoms with Gasteiger partial charge < -0.3 is 10.0 Å². The predicted molar refractivity (Wildman–Crippen MR) is 79.0 cm³/mol. The summed E-state index contributed by atoms with van der Waals surface area (Å²) in [6.45, 7) is 3.89. The Morgan fingerprint density at radius 1 is 1.43 bits per heavy atom. The summed E-state index contributed by atoms with van der Waals surface area (Å²) >= 11 is 0. The third-order valence-corrected chi connectivity index (χ3v) is 3.50. The number of aromatic nitrogens is 3. The maximum Gasteiger partial charge on any atom is 0.293 e. The van der Waals surface area contributed by atoms with Crippen LogP contribution in [0.2, 0.25) is 0 Å². The van der Waals surface area contributed by atoms with E-state index in [1.165, 1.54) is 4.90 Å². The number of amides is 1. The minimum atomic E-state index is -0.274. The van der Waals surface area contributed by atoms with E-state index in [9.17, 15) is 9.90 Å². The number of hydrogen-bond acceptors (Lipinski definition) is 4. The highest BCUT2D eigenvalue weighted by molar-refractivity contribution is 5.90. The van der Waals surface area contributed by atoms with Crippen molar-refractivity contribution < 1.29 is 9.90 Å². The Hall–Kier alpha value is -2.37. The highest BCUT2D eigenvalue weighted by Crippen LogP contribution is 2.27. The summed E-state index contributed by atoms with van der Waals surface area (Å²) in [7, 11) is 1.68. The normalized spacial score (nSPS) is 12.1. The van der Waals surface area contributed by atoms with Crippen molar-refractivity contribution in [2.45, 2.75) is 32.7 Å². The number of aromatic amines is 1. The topological polar surface area (TPSA) is 82.1 Å². The zero-order valence-electron chi connectivity index (χ0n) is 12.5. The van der Waals surface area contributed by atoms with Gasteiger partial charge in [0.1, 0.15) is 11.6 Å². The third kappa shape index (κ3) is 3.21. The van der Waals surface area contributed by atoms with Crippen LogP contribution in [-0.2, 0) is 6.42 Å². The first-order valence-electron chi connectivity index (χ1n) is 7.01. The number of aromatic hydroxyl groups is 1. The monoisotopic (exact) mass is 288 g/mol. The van der Waals surface area contributed by atoms with E-state index in [2.05, 4.69) is 15.2 Å². The van der Waals surface area contributed by atoms with E-state index >= 15 is 0 Å². The van der Waals surface area contributed by atoms with Crippen molar-refractivity contribution in [3.63, 3.8) is 0 Å². The number of H-pyrrole nitrogens is 1. The zero-order chi connectivity index (χ0) is 15.4. The van der Waals surface area contributed by atoms with E-state index in [1.54, 1.807) is 25.2 Å². The molecule has 112 valence electrons. The van der Waals surface area contributed by atoms with Crippen LogP contribution < -0.4 is 0 Å². The van der Waals surface area contributed by atoms with Gasteiger partial charge >= 0.3 is 0 Å². The summed E-state index contributed by atoms with van der Waals surface area (Å²) in [6.07, 6.45) is 1.70. The molecule has 2 rings (SSSR count). The molecule has 0 aliphatic carbocycles. The molecule has 6 heteroatoms. The SMILES string of the molecule is CCCc1nc(C(=O)N(C)C(C)c2ccccc2O)n[nH]1. The molecule has 1 unspecified atom stereocenters. The Bertz CT molecular complexity index is 624. The molecule has 21 heavy (non-hydrogen) atoms. The Morgan fingerprint density at radius 2 is 2.14 bits per heavy atom. The molecule has 2 aromatic rings. The predicted octanol–water partition coefficient (Wildman–Crippen LogP) is 2.30. The molecule has 6 nitrogen and oxygen atoms in total. The first-order valence-corrected chi connectivity index (χ1v) is 7.01. The average molecular weight is 288 g/mol. The van der Waals surface area contributed by atoms with Gasteiger partial charge in [-0.25, -0.2) is 4.98 Å². The van der Waals surface area contributed by atoms with E-state index in [0.29, 0.717) is 11.4 Å². The largest absolute Gasteiger partial charge is 0.508 e. The molecule has 1 amide bonds. The Labute approximate surface area is 123 Å². The number of benzene rings is 1. The lowest BCUT2D eigenvalue weighted by atomic mass is 10.1. The fraction of sp³-hybridized carbons (Fsp3) is 0.400. The van der Waals surface area contributed by atoms with Gasteiger partial charge in [-0.15, -0.1) is 5.10 Å². The van der Waals surface area contributed by atoms with E-state index in [1.807, 2.05) is 19.9 Å². The van der Waals surface area contributed by atoms with Gasteiger partial charge in [-0.3, -0.25) is 9.89 Å².